The molecule has 2 aromatic rings. The van der Waals surface area contributed by atoms with E-state index in [1.54, 1.807) is 31.4 Å². The zero-order chi connectivity index (χ0) is 15.9. The van der Waals surface area contributed by atoms with E-state index < -0.39 is 5.41 Å². The van der Waals surface area contributed by atoms with E-state index in [1.165, 1.54) is 11.1 Å². The van der Waals surface area contributed by atoms with Crippen molar-refractivity contribution in [1.29, 1.82) is 0 Å². The van der Waals surface area contributed by atoms with Crippen LogP contribution in [0.5, 0.6) is 0 Å². The first kappa shape index (κ1) is 14.2. The van der Waals surface area contributed by atoms with Gasteiger partial charge in [-0.15, -0.1) is 0 Å². The van der Waals surface area contributed by atoms with Gasteiger partial charge in [0, 0.05) is 25.0 Å². The first-order valence-corrected chi connectivity index (χ1v) is 6.92. The maximum atomic E-state index is 12.2. The van der Waals surface area contributed by atoms with Crippen molar-refractivity contribution in [3.05, 3.63) is 47.8 Å². The third-order valence-corrected chi connectivity index (χ3v) is 3.87. The van der Waals surface area contributed by atoms with Gasteiger partial charge in [-0.3, -0.25) is 19.5 Å². The molecule has 0 spiro atoms. The minimum Gasteiger partial charge on any atom is -0.306 e. The van der Waals surface area contributed by atoms with E-state index >= 15 is 0 Å². The van der Waals surface area contributed by atoms with Gasteiger partial charge in [-0.25, -0.2) is 4.98 Å². The Hall–Kier alpha value is -2.76. The molecule has 3 heterocycles. The topological polar surface area (TPSA) is 75.2 Å². The van der Waals surface area contributed by atoms with Crippen LogP contribution in [0.1, 0.15) is 29.8 Å². The largest absolute Gasteiger partial charge is 0.306 e. The molecule has 1 N–H and O–H groups in total. The number of hydrogen-bond donors (Lipinski definition) is 1. The minimum atomic E-state index is -0.594. The van der Waals surface area contributed by atoms with Crippen molar-refractivity contribution < 1.29 is 9.59 Å². The molecule has 22 heavy (non-hydrogen) atoms. The maximum absolute atomic E-state index is 12.2. The molecular formula is C16H16N4O2. The van der Waals surface area contributed by atoms with Gasteiger partial charge >= 0.3 is 0 Å². The second-order valence-corrected chi connectivity index (χ2v) is 5.75. The number of likely N-dealkylation sites (N-methyl/N-ethyl adjacent to an activating group) is 1. The summed E-state index contributed by atoms with van der Waals surface area (Å²) in [5.74, 6) is 0.696. The molecule has 0 aromatic carbocycles. The quantitative estimate of drug-likeness (QED) is 0.919. The molecular weight excluding hydrogens is 280 g/mol. The predicted molar refractivity (Wildman–Crippen MR) is 82.9 cm³/mol. The summed E-state index contributed by atoms with van der Waals surface area (Å²) in [6.45, 7) is 3.74. The van der Waals surface area contributed by atoms with Crippen LogP contribution in [0, 0.1) is 0 Å². The molecule has 2 amide bonds. The number of nitrogens with one attached hydrogen (secondary N) is 1. The van der Waals surface area contributed by atoms with Crippen molar-refractivity contribution in [3.63, 3.8) is 0 Å². The smallest absolute Gasteiger partial charge is 0.258 e. The highest BCUT2D eigenvalue weighted by Gasteiger charge is 2.43. The standard InChI is InChI=1S/C16H16N4O2/c1-16(2)11-6-7-12(18-13(11)20(3)15(16)22)19-14(21)10-5-4-8-17-9-10/h4-9H,1-3H3,(H,18,19,21). The number of carbonyl (C=O) groups excluding carboxylic acids is 2. The van der Waals surface area contributed by atoms with Crippen LogP contribution < -0.4 is 10.2 Å². The average molecular weight is 296 g/mol. The first-order valence-electron chi connectivity index (χ1n) is 6.92. The van der Waals surface area contributed by atoms with Crippen molar-refractivity contribution in [2.24, 2.45) is 0 Å². The molecule has 112 valence electrons. The molecule has 6 nitrogen and oxygen atoms in total. The fraction of sp³-hybridized carbons (Fsp3) is 0.250. The van der Waals surface area contributed by atoms with E-state index in [2.05, 4.69) is 15.3 Å². The number of rotatable bonds is 2. The summed E-state index contributed by atoms with van der Waals surface area (Å²) in [4.78, 5) is 34.2. The van der Waals surface area contributed by atoms with Crippen LogP contribution >= 0.6 is 0 Å². The van der Waals surface area contributed by atoms with Crippen molar-refractivity contribution in [2.45, 2.75) is 19.3 Å². The number of pyridine rings is 2. The van der Waals surface area contributed by atoms with Crippen molar-refractivity contribution in [2.75, 3.05) is 17.3 Å². The van der Waals surface area contributed by atoms with Gasteiger partial charge < -0.3 is 5.32 Å². The van der Waals surface area contributed by atoms with E-state index in [9.17, 15) is 9.59 Å². The molecule has 0 saturated heterocycles. The molecule has 0 atom stereocenters. The average Bonchev–Trinajstić information content (AvgIpc) is 2.69. The molecule has 2 aromatic heterocycles. The van der Waals surface area contributed by atoms with Crippen LogP contribution in [0.4, 0.5) is 11.6 Å². The highest BCUT2D eigenvalue weighted by atomic mass is 16.2. The lowest BCUT2D eigenvalue weighted by Gasteiger charge is -2.15. The molecule has 6 heteroatoms. The number of aromatic nitrogens is 2. The Kier molecular flexibility index (Phi) is 3.16. The summed E-state index contributed by atoms with van der Waals surface area (Å²) in [6.07, 6.45) is 3.09. The Labute approximate surface area is 128 Å². The van der Waals surface area contributed by atoms with E-state index in [0.29, 0.717) is 17.2 Å². The number of amides is 2. The Balaban J connectivity index is 1.90. The molecule has 3 rings (SSSR count). The van der Waals surface area contributed by atoms with Crippen LogP contribution in [0.3, 0.4) is 0 Å². The highest BCUT2D eigenvalue weighted by Crippen LogP contribution is 2.39. The van der Waals surface area contributed by atoms with Crippen LogP contribution in [-0.2, 0) is 10.2 Å². The van der Waals surface area contributed by atoms with Crippen LogP contribution in [-0.4, -0.2) is 28.8 Å². The van der Waals surface area contributed by atoms with Crippen molar-refractivity contribution in [1.82, 2.24) is 9.97 Å². The number of carbonyl (C=O) groups is 2. The van der Waals surface area contributed by atoms with E-state index in [1.807, 2.05) is 19.9 Å². The third kappa shape index (κ3) is 2.13. The van der Waals surface area contributed by atoms with E-state index in [-0.39, 0.29) is 11.8 Å². The third-order valence-electron chi connectivity index (χ3n) is 3.87. The molecule has 0 aliphatic carbocycles. The Bertz CT molecular complexity index is 756. The molecule has 0 fully saturated rings. The lowest BCUT2D eigenvalue weighted by molar-refractivity contribution is -0.121. The monoisotopic (exact) mass is 296 g/mol. The predicted octanol–water partition coefficient (Wildman–Crippen LogP) is 1.98. The van der Waals surface area contributed by atoms with Gasteiger partial charge in [-0.1, -0.05) is 6.07 Å². The maximum Gasteiger partial charge on any atom is 0.258 e. The lowest BCUT2D eigenvalue weighted by atomic mass is 9.87. The molecule has 1 aliphatic rings. The van der Waals surface area contributed by atoms with E-state index in [0.717, 1.165) is 5.56 Å². The van der Waals surface area contributed by atoms with Gasteiger partial charge in [-0.2, -0.15) is 0 Å². The highest BCUT2D eigenvalue weighted by molar-refractivity contribution is 6.07. The van der Waals surface area contributed by atoms with Crippen LogP contribution in [0.2, 0.25) is 0 Å². The summed E-state index contributed by atoms with van der Waals surface area (Å²) in [5, 5.41) is 2.72. The summed E-state index contributed by atoms with van der Waals surface area (Å²) < 4.78 is 0. The summed E-state index contributed by atoms with van der Waals surface area (Å²) in [6, 6.07) is 6.92. The SMILES string of the molecule is CN1C(=O)C(C)(C)c2ccc(NC(=O)c3cccnc3)nc21. The molecule has 0 radical (unpaired) electrons. The number of anilines is 2. The van der Waals surface area contributed by atoms with Gasteiger partial charge in [0.25, 0.3) is 5.91 Å². The summed E-state index contributed by atoms with van der Waals surface area (Å²) >= 11 is 0. The Morgan fingerprint density at radius 1 is 1.27 bits per heavy atom. The van der Waals surface area contributed by atoms with Crippen molar-refractivity contribution >= 4 is 23.5 Å². The zero-order valence-electron chi connectivity index (χ0n) is 12.6. The van der Waals surface area contributed by atoms with Crippen LogP contribution in [0.15, 0.2) is 36.7 Å². The van der Waals surface area contributed by atoms with Crippen LogP contribution in [0.25, 0.3) is 0 Å². The zero-order valence-corrected chi connectivity index (χ0v) is 12.6. The minimum absolute atomic E-state index is 0.00858. The summed E-state index contributed by atoms with van der Waals surface area (Å²) in [5.41, 5.74) is 0.720. The number of fused-ring (bicyclic) bond motifs is 1. The fourth-order valence-corrected chi connectivity index (χ4v) is 2.58. The van der Waals surface area contributed by atoms with Gasteiger partial charge in [0.2, 0.25) is 5.91 Å². The van der Waals surface area contributed by atoms with Gasteiger partial charge in [-0.05, 0) is 32.0 Å². The second-order valence-electron chi connectivity index (χ2n) is 5.75. The molecule has 1 aliphatic heterocycles. The first-order chi connectivity index (χ1) is 10.4. The van der Waals surface area contributed by atoms with Crippen molar-refractivity contribution in [3.8, 4) is 0 Å². The molecule has 0 saturated carbocycles. The molecule has 0 unspecified atom stereocenters. The molecule has 0 bridgehead atoms. The Morgan fingerprint density at radius 2 is 2.05 bits per heavy atom. The number of nitrogens with zero attached hydrogens (tertiary/aromatic N) is 3. The van der Waals surface area contributed by atoms with Gasteiger partial charge in [0.15, 0.2) is 0 Å². The van der Waals surface area contributed by atoms with Gasteiger partial charge in [0.05, 0.1) is 11.0 Å². The normalized spacial score (nSPS) is 15.6. The fourth-order valence-electron chi connectivity index (χ4n) is 2.58. The Morgan fingerprint density at radius 3 is 2.73 bits per heavy atom. The van der Waals surface area contributed by atoms with Gasteiger partial charge in [0.1, 0.15) is 11.6 Å². The lowest BCUT2D eigenvalue weighted by Crippen LogP contribution is -2.33. The summed E-state index contributed by atoms with van der Waals surface area (Å²) in [7, 11) is 1.69. The second kappa shape index (κ2) is 4.91. The number of hydrogen-bond acceptors (Lipinski definition) is 4. The van der Waals surface area contributed by atoms with E-state index in [4.69, 9.17) is 0 Å².